The molecular formula is C42H74F12O4. The maximum atomic E-state index is 11.3. The van der Waals surface area contributed by atoms with Crippen LogP contribution < -0.4 is 0 Å². The quantitative estimate of drug-likeness (QED) is 0.208. The summed E-state index contributed by atoms with van der Waals surface area (Å²) in [7, 11) is 0. The zero-order valence-corrected chi connectivity index (χ0v) is 35.9. The predicted molar refractivity (Wildman–Crippen MR) is 203 cm³/mol. The van der Waals surface area contributed by atoms with Gasteiger partial charge < -0.3 is 20.4 Å². The van der Waals surface area contributed by atoms with Crippen molar-refractivity contribution < 1.29 is 73.1 Å². The third-order valence-electron chi connectivity index (χ3n) is 12.0. The van der Waals surface area contributed by atoms with Crippen molar-refractivity contribution in [3.63, 3.8) is 0 Å². The fourth-order valence-corrected chi connectivity index (χ4v) is 8.10. The van der Waals surface area contributed by atoms with E-state index in [4.69, 9.17) is 20.4 Å². The van der Waals surface area contributed by atoms with E-state index in [-0.39, 0.29) is 0 Å². The van der Waals surface area contributed by atoms with E-state index in [9.17, 15) is 52.7 Å². The first-order valence-corrected chi connectivity index (χ1v) is 21.1. The van der Waals surface area contributed by atoms with Crippen LogP contribution in [0.4, 0.5) is 52.7 Å². The second kappa shape index (κ2) is 23.4. The molecule has 0 aromatic rings. The summed E-state index contributed by atoms with van der Waals surface area (Å²) >= 11 is 0. The van der Waals surface area contributed by atoms with Crippen LogP contribution >= 0.6 is 0 Å². The van der Waals surface area contributed by atoms with Gasteiger partial charge in [0.15, 0.2) is 22.4 Å². The minimum absolute atomic E-state index is 0.701. The van der Waals surface area contributed by atoms with Gasteiger partial charge in [0, 0.05) is 0 Å². The number of alkyl halides is 12. The number of hydrogen-bond donors (Lipinski definition) is 4. The van der Waals surface area contributed by atoms with Gasteiger partial charge in [0.2, 0.25) is 0 Å². The molecule has 0 saturated heterocycles. The SMILES string of the molecule is C1CCC(C(C2CCCCC2)C(C2CCCCC2)C2CCCCC2)CC1.CC(C)(O)C(F)(F)F.CC(C)(O)C(F)(F)F.CC(C)(O)C(F)(F)F.CC(C)(O)C(F)(F)F. The monoisotopic (exact) mass is 871 g/mol. The number of hydrogen-bond acceptors (Lipinski definition) is 4. The van der Waals surface area contributed by atoms with Gasteiger partial charge in [-0.3, -0.25) is 0 Å². The number of rotatable bonds is 5. The van der Waals surface area contributed by atoms with E-state index >= 15 is 0 Å². The van der Waals surface area contributed by atoms with Crippen molar-refractivity contribution in [2.24, 2.45) is 35.5 Å². The maximum Gasteiger partial charge on any atom is 0.416 e. The van der Waals surface area contributed by atoms with Gasteiger partial charge in [0.05, 0.1) is 0 Å². The van der Waals surface area contributed by atoms with Crippen LogP contribution in [-0.4, -0.2) is 67.5 Å². The predicted octanol–water partition coefficient (Wildman–Crippen LogP) is 13.8. The molecule has 4 fully saturated rings. The lowest BCUT2D eigenvalue weighted by Gasteiger charge is -2.50. The molecule has 4 nitrogen and oxygen atoms in total. The molecule has 0 spiro atoms. The van der Waals surface area contributed by atoms with Crippen molar-refractivity contribution in [1.29, 1.82) is 0 Å². The average Bonchev–Trinajstić information content (AvgIpc) is 3.06. The topological polar surface area (TPSA) is 80.9 Å². The molecule has 0 radical (unpaired) electrons. The van der Waals surface area contributed by atoms with Gasteiger partial charge in [0.1, 0.15) is 0 Å². The van der Waals surface area contributed by atoms with Gasteiger partial charge in [-0.15, -0.1) is 0 Å². The normalized spacial score (nSPS) is 20.8. The molecule has 4 aliphatic rings. The molecule has 0 aromatic carbocycles. The molecule has 0 amide bonds. The van der Waals surface area contributed by atoms with Crippen molar-refractivity contribution in [3.8, 4) is 0 Å². The van der Waals surface area contributed by atoms with E-state index in [1.165, 1.54) is 25.7 Å². The second-order valence-electron chi connectivity index (χ2n) is 19.0. The van der Waals surface area contributed by atoms with E-state index in [1.807, 2.05) is 0 Å². The molecule has 0 aromatic heterocycles. The Balaban J connectivity index is 0.000000836. The van der Waals surface area contributed by atoms with Crippen molar-refractivity contribution in [2.75, 3.05) is 0 Å². The zero-order valence-electron chi connectivity index (χ0n) is 35.9. The van der Waals surface area contributed by atoms with Gasteiger partial charge >= 0.3 is 24.7 Å². The highest BCUT2D eigenvalue weighted by Crippen LogP contribution is 2.53. The second-order valence-corrected chi connectivity index (χ2v) is 19.0. The van der Waals surface area contributed by atoms with E-state index in [2.05, 4.69) is 0 Å². The average molecular weight is 871 g/mol. The standard InChI is InChI=1S/C26H46.4C4H7F3O/c1-5-13-21(14-6-1)25(22-15-7-2-8-16-22)26(23-17-9-3-10-18-23)24-19-11-4-12-20-24;4*1-3(2,8)4(5,6)7/h21-26H,1-20H2;4*8H,1-2H3. The zero-order chi connectivity index (χ0) is 45.6. The Bertz CT molecular complexity index is 850. The summed E-state index contributed by atoms with van der Waals surface area (Å²) in [5, 5.41) is 32.9. The van der Waals surface area contributed by atoms with Crippen molar-refractivity contribution in [2.45, 2.75) is 231 Å². The molecule has 4 aliphatic carbocycles. The highest BCUT2D eigenvalue weighted by Gasteiger charge is 2.48. The first-order valence-electron chi connectivity index (χ1n) is 21.1. The van der Waals surface area contributed by atoms with Gasteiger partial charge in [-0.2, -0.15) is 52.7 Å². The van der Waals surface area contributed by atoms with Crippen LogP contribution in [0.1, 0.15) is 184 Å². The van der Waals surface area contributed by atoms with Gasteiger partial charge in [-0.05, 0) is 90.9 Å². The van der Waals surface area contributed by atoms with E-state index in [0.29, 0.717) is 55.4 Å². The molecule has 0 bridgehead atoms. The minimum Gasteiger partial charge on any atom is -0.381 e. The summed E-state index contributed by atoms with van der Waals surface area (Å²) in [6, 6.07) is 0. The molecule has 0 unspecified atom stereocenters. The fraction of sp³-hybridized carbons (Fsp3) is 1.00. The third-order valence-corrected chi connectivity index (χ3v) is 12.0. The summed E-state index contributed by atoms with van der Waals surface area (Å²) in [6.07, 6.45) is 13.3. The van der Waals surface area contributed by atoms with Crippen LogP contribution in [0.2, 0.25) is 0 Å². The summed E-state index contributed by atoms with van der Waals surface area (Å²) in [5.41, 5.74) is -10.2. The molecule has 58 heavy (non-hydrogen) atoms. The molecule has 4 saturated carbocycles. The fourth-order valence-electron chi connectivity index (χ4n) is 8.10. The van der Waals surface area contributed by atoms with Gasteiger partial charge in [-0.25, -0.2) is 0 Å². The smallest absolute Gasteiger partial charge is 0.381 e. The minimum atomic E-state index is -4.51. The van der Waals surface area contributed by atoms with Crippen molar-refractivity contribution in [1.82, 2.24) is 0 Å². The molecule has 0 aliphatic heterocycles. The third kappa shape index (κ3) is 21.2. The molecule has 0 heterocycles. The Labute approximate surface area is 339 Å². The van der Waals surface area contributed by atoms with Crippen LogP contribution in [0.25, 0.3) is 0 Å². The van der Waals surface area contributed by atoms with Crippen LogP contribution in [0, 0.1) is 35.5 Å². The Morgan fingerprint density at radius 1 is 0.276 bits per heavy atom. The van der Waals surface area contributed by atoms with Crippen LogP contribution in [0.15, 0.2) is 0 Å². The summed E-state index contributed by atoms with van der Waals surface area (Å²) in [6.45, 7) is 5.61. The number of aliphatic hydroxyl groups is 4. The molecule has 16 heteroatoms. The molecular weight excluding hydrogens is 796 g/mol. The maximum absolute atomic E-state index is 11.3. The summed E-state index contributed by atoms with van der Waals surface area (Å²) in [4.78, 5) is 0. The van der Waals surface area contributed by atoms with Crippen molar-refractivity contribution >= 4 is 0 Å². The first kappa shape index (κ1) is 57.0. The lowest BCUT2D eigenvalue weighted by atomic mass is 9.56. The Kier molecular flexibility index (Phi) is 23.0. The number of halogens is 12. The Hall–Kier alpha value is -1.00. The highest BCUT2D eigenvalue weighted by molar-refractivity contribution is 4.93. The highest BCUT2D eigenvalue weighted by atomic mass is 19.4. The lowest BCUT2D eigenvalue weighted by molar-refractivity contribution is -0.245. The summed E-state index contributed by atoms with van der Waals surface area (Å²) in [5.74, 6) is 6.70. The van der Waals surface area contributed by atoms with Crippen LogP contribution in [0.3, 0.4) is 0 Å². The molecule has 350 valence electrons. The lowest BCUT2D eigenvalue weighted by Crippen LogP contribution is -2.41. The largest absolute Gasteiger partial charge is 0.416 e. The van der Waals surface area contributed by atoms with Crippen LogP contribution in [-0.2, 0) is 0 Å². The molecule has 0 atom stereocenters. The van der Waals surface area contributed by atoms with E-state index < -0.39 is 47.1 Å². The Morgan fingerprint density at radius 2 is 0.379 bits per heavy atom. The van der Waals surface area contributed by atoms with Gasteiger partial charge in [-0.1, -0.05) is 128 Å². The van der Waals surface area contributed by atoms with Crippen LogP contribution in [0.5, 0.6) is 0 Å². The molecule has 4 N–H and O–H groups in total. The van der Waals surface area contributed by atoms with E-state index in [0.717, 1.165) is 35.5 Å². The van der Waals surface area contributed by atoms with Gasteiger partial charge in [0.25, 0.3) is 0 Å². The summed E-state index contributed by atoms with van der Waals surface area (Å²) < 4.78 is 136. The first-order chi connectivity index (χ1) is 25.9. The van der Waals surface area contributed by atoms with E-state index in [1.54, 1.807) is 103 Å². The molecule has 4 rings (SSSR count). The van der Waals surface area contributed by atoms with Crippen molar-refractivity contribution in [3.05, 3.63) is 0 Å². The Morgan fingerprint density at radius 3 is 0.466 bits per heavy atom.